The summed E-state index contributed by atoms with van der Waals surface area (Å²) in [6.07, 6.45) is 2.03. The summed E-state index contributed by atoms with van der Waals surface area (Å²) < 4.78 is 6.08. The molecule has 2 rings (SSSR count). The highest BCUT2D eigenvalue weighted by atomic mass is 16.5. The number of hydrogen-bond donors (Lipinski definition) is 1. The number of likely N-dealkylation sites (N-methyl/N-ethyl adjacent to an activating group) is 1. The standard InChI is InChI=1S/C26H46N4O5/c1-19(2)20-18-23(33)30(24(20)34)12-9-21(31)27-25(3,4)11-17-35-26(5,6)10-8-22(32)29-15-13-28(7)14-16-29/h19-20H,8-18H2,1-7H3,(H,27,31). The van der Waals surface area contributed by atoms with E-state index in [-0.39, 0.29) is 54.9 Å². The number of ether oxygens (including phenoxy) is 1. The second-order valence-electron chi connectivity index (χ2n) is 11.7. The smallest absolute Gasteiger partial charge is 0.233 e. The first-order valence-electron chi connectivity index (χ1n) is 13.0. The molecule has 2 fully saturated rings. The van der Waals surface area contributed by atoms with Crippen molar-refractivity contribution in [3.63, 3.8) is 0 Å². The van der Waals surface area contributed by atoms with Crippen LogP contribution in [0, 0.1) is 11.8 Å². The van der Waals surface area contributed by atoms with E-state index in [1.54, 1.807) is 0 Å². The van der Waals surface area contributed by atoms with Gasteiger partial charge in [0.15, 0.2) is 0 Å². The normalized spacial score (nSPS) is 20.2. The van der Waals surface area contributed by atoms with E-state index in [0.717, 1.165) is 26.2 Å². The van der Waals surface area contributed by atoms with Gasteiger partial charge in [-0.05, 0) is 53.5 Å². The van der Waals surface area contributed by atoms with Crippen molar-refractivity contribution in [3.8, 4) is 0 Å². The summed E-state index contributed by atoms with van der Waals surface area (Å²) in [5.74, 6) is -0.545. The van der Waals surface area contributed by atoms with E-state index in [0.29, 0.717) is 25.9 Å². The number of rotatable bonds is 12. The summed E-state index contributed by atoms with van der Waals surface area (Å²) in [5.41, 5.74) is -0.936. The number of carbonyl (C=O) groups excluding carboxylic acids is 4. The van der Waals surface area contributed by atoms with Crippen LogP contribution in [0.1, 0.15) is 73.6 Å². The van der Waals surface area contributed by atoms with E-state index in [1.807, 2.05) is 46.4 Å². The van der Waals surface area contributed by atoms with Gasteiger partial charge in [-0.2, -0.15) is 0 Å². The Kier molecular flexibility index (Phi) is 10.3. The Balaban J connectivity index is 1.69. The van der Waals surface area contributed by atoms with Gasteiger partial charge in [-0.3, -0.25) is 24.1 Å². The highest BCUT2D eigenvalue weighted by Crippen LogP contribution is 2.26. The first-order chi connectivity index (χ1) is 16.2. The predicted molar refractivity (Wildman–Crippen MR) is 134 cm³/mol. The van der Waals surface area contributed by atoms with Gasteiger partial charge in [-0.25, -0.2) is 0 Å². The van der Waals surface area contributed by atoms with Crippen molar-refractivity contribution < 1.29 is 23.9 Å². The van der Waals surface area contributed by atoms with Crippen molar-refractivity contribution in [2.45, 2.75) is 84.8 Å². The molecule has 0 spiro atoms. The van der Waals surface area contributed by atoms with Crippen LogP contribution in [-0.4, -0.2) is 95.8 Å². The number of carbonyl (C=O) groups is 4. The van der Waals surface area contributed by atoms with Crippen LogP contribution >= 0.6 is 0 Å². The van der Waals surface area contributed by atoms with Gasteiger partial charge < -0.3 is 19.9 Å². The highest BCUT2D eigenvalue weighted by Gasteiger charge is 2.40. The number of hydrogen-bond acceptors (Lipinski definition) is 6. The van der Waals surface area contributed by atoms with E-state index in [2.05, 4.69) is 17.3 Å². The molecule has 1 N–H and O–H groups in total. The predicted octanol–water partition coefficient (Wildman–Crippen LogP) is 2.04. The van der Waals surface area contributed by atoms with Crippen LogP contribution in [0.2, 0.25) is 0 Å². The van der Waals surface area contributed by atoms with Crippen LogP contribution in [-0.2, 0) is 23.9 Å². The zero-order valence-corrected chi connectivity index (χ0v) is 22.8. The molecule has 0 aromatic heterocycles. The molecule has 1 unspecified atom stereocenters. The van der Waals surface area contributed by atoms with E-state index < -0.39 is 11.1 Å². The monoisotopic (exact) mass is 494 g/mol. The van der Waals surface area contributed by atoms with Crippen molar-refractivity contribution in [2.24, 2.45) is 11.8 Å². The molecule has 9 heteroatoms. The largest absolute Gasteiger partial charge is 0.375 e. The lowest BCUT2D eigenvalue weighted by molar-refractivity contribution is -0.140. The van der Waals surface area contributed by atoms with Crippen LogP contribution in [0.4, 0.5) is 0 Å². The molecule has 9 nitrogen and oxygen atoms in total. The third-order valence-corrected chi connectivity index (χ3v) is 7.14. The van der Waals surface area contributed by atoms with Crippen molar-refractivity contribution in [1.82, 2.24) is 20.0 Å². The second-order valence-corrected chi connectivity index (χ2v) is 11.7. The van der Waals surface area contributed by atoms with Gasteiger partial charge in [0.25, 0.3) is 0 Å². The molecule has 35 heavy (non-hydrogen) atoms. The Morgan fingerprint density at radius 2 is 1.66 bits per heavy atom. The minimum absolute atomic E-state index is 0.0898. The third-order valence-electron chi connectivity index (χ3n) is 7.14. The molecule has 2 aliphatic heterocycles. The molecule has 0 aliphatic carbocycles. The molecule has 0 saturated carbocycles. The average molecular weight is 495 g/mol. The number of piperazine rings is 1. The molecule has 0 aromatic rings. The Morgan fingerprint density at radius 1 is 1.03 bits per heavy atom. The fourth-order valence-corrected chi connectivity index (χ4v) is 4.46. The molecule has 2 saturated heterocycles. The zero-order valence-electron chi connectivity index (χ0n) is 22.8. The summed E-state index contributed by atoms with van der Waals surface area (Å²) >= 11 is 0. The molecule has 1 atom stereocenters. The van der Waals surface area contributed by atoms with Gasteiger partial charge in [0, 0.05) is 70.0 Å². The SMILES string of the molecule is CC(C)C1CC(=O)N(CCC(=O)NC(C)(C)CCOC(C)(C)CCC(=O)N2CCN(C)CC2)C1=O. The number of nitrogens with zero attached hydrogens (tertiary/aromatic N) is 3. The van der Waals surface area contributed by atoms with Crippen molar-refractivity contribution in [3.05, 3.63) is 0 Å². The first-order valence-corrected chi connectivity index (χ1v) is 13.0. The number of nitrogens with one attached hydrogen (secondary N) is 1. The maximum absolute atomic E-state index is 12.5. The van der Waals surface area contributed by atoms with Crippen molar-refractivity contribution >= 4 is 23.6 Å². The minimum atomic E-state index is -0.498. The topological polar surface area (TPSA) is 99.3 Å². The Labute approximate surface area is 210 Å². The Hall–Kier alpha value is -2.00. The zero-order chi connectivity index (χ0) is 26.4. The maximum atomic E-state index is 12.5. The molecule has 0 bridgehead atoms. The first kappa shape index (κ1) is 29.2. The maximum Gasteiger partial charge on any atom is 0.233 e. The van der Waals surface area contributed by atoms with E-state index >= 15 is 0 Å². The highest BCUT2D eigenvalue weighted by molar-refractivity contribution is 6.03. The molecule has 0 aromatic carbocycles. The van der Waals surface area contributed by atoms with Crippen LogP contribution in [0.25, 0.3) is 0 Å². The second kappa shape index (κ2) is 12.3. The van der Waals surface area contributed by atoms with Gasteiger partial charge in [0.05, 0.1) is 5.60 Å². The third kappa shape index (κ3) is 9.18. The van der Waals surface area contributed by atoms with Crippen LogP contribution in [0.3, 0.4) is 0 Å². The van der Waals surface area contributed by atoms with Crippen molar-refractivity contribution in [1.29, 1.82) is 0 Å². The van der Waals surface area contributed by atoms with Gasteiger partial charge in [0.2, 0.25) is 23.6 Å². The molecule has 0 radical (unpaired) electrons. The van der Waals surface area contributed by atoms with Crippen LogP contribution in [0.5, 0.6) is 0 Å². The molecular formula is C26H46N4O5. The lowest BCUT2D eigenvalue weighted by Crippen LogP contribution is -2.47. The van der Waals surface area contributed by atoms with E-state index in [9.17, 15) is 19.2 Å². The van der Waals surface area contributed by atoms with Gasteiger partial charge in [0.1, 0.15) is 0 Å². The van der Waals surface area contributed by atoms with Gasteiger partial charge >= 0.3 is 0 Å². The lowest BCUT2D eigenvalue weighted by Gasteiger charge is -2.34. The van der Waals surface area contributed by atoms with Gasteiger partial charge in [-0.1, -0.05) is 13.8 Å². The summed E-state index contributed by atoms with van der Waals surface area (Å²) in [4.78, 5) is 55.0. The van der Waals surface area contributed by atoms with Crippen molar-refractivity contribution in [2.75, 3.05) is 46.4 Å². The molecule has 200 valence electrons. The summed E-state index contributed by atoms with van der Waals surface area (Å²) in [5, 5.41) is 2.99. The molecular weight excluding hydrogens is 448 g/mol. The van der Waals surface area contributed by atoms with Crippen LogP contribution in [0.15, 0.2) is 0 Å². The minimum Gasteiger partial charge on any atom is -0.375 e. The average Bonchev–Trinajstić information content (AvgIpc) is 3.04. The summed E-state index contributed by atoms with van der Waals surface area (Å²) in [6.45, 7) is 15.7. The molecule has 2 heterocycles. The summed E-state index contributed by atoms with van der Waals surface area (Å²) in [7, 11) is 2.07. The van der Waals surface area contributed by atoms with Crippen LogP contribution < -0.4 is 5.32 Å². The quantitative estimate of drug-likeness (QED) is 0.417. The van der Waals surface area contributed by atoms with E-state index in [1.165, 1.54) is 4.90 Å². The number of amides is 4. The van der Waals surface area contributed by atoms with Gasteiger partial charge in [-0.15, -0.1) is 0 Å². The summed E-state index contributed by atoms with van der Waals surface area (Å²) in [6, 6.07) is 0. The Bertz CT molecular complexity index is 772. The number of imide groups is 1. The molecule has 2 aliphatic rings. The fraction of sp³-hybridized carbons (Fsp3) is 0.846. The fourth-order valence-electron chi connectivity index (χ4n) is 4.46. The molecule has 4 amide bonds. The lowest BCUT2D eigenvalue weighted by atomic mass is 9.94. The number of likely N-dealkylation sites (tertiary alicyclic amines) is 1. The van der Waals surface area contributed by atoms with E-state index in [4.69, 9.17) is 4.74 Å². The Morgan fingerprint density at radius 3 is 2.23 bits per heavy atom.